The molecule has 1 amide bonds. The summed E-state index contributed by atoms with van der Waals surface area (Å²) in [4.78, 5) is 27.1. The van der Waals surface area contributed by atoms with Gasteiger partial charge in [-0.05, 0) is 24.6 Å². The molecule has 2 aromatic heterocycles. The Hall–Kier alpha value is -2.70. The van der Waals surface area contributed by atoms with Gasteiger partial charge in [0.2, 0.25) is 0 Å². The maximum absolute atomic E-state index is 12.5. The normalized spacial score (nSPS) is 11.0. The molecule has 2 aromatic carbocycles. The van der Waals surface area contributed by atoms with E-state index >= 15 is 0 Å². The lowest BCUT2D eigenvalue weighted by molar-refractivity contribution is -0.134. The van der Waals surface area contributed by atoms with Gasteiger partial charge in [0.05, 0.1) is 4.70 Å². The number of likely N-dealkylation sites (N-methyl/N-ethyl adjacent to an activating group) is 1. The molecule has 0 saturated carbocycles. The first kappa shape index (κ1) is 18.7. The second kappa shape index (κ2) is 8.12. The molecule has 0 aliphatic carbocycles. The van der Waals surface area contributed by atoms with E-state index in [1.54, 1.807) is 16.2 Å². The molecule has 6 heteroatoms. The van der Waals surface area contributed by atoms with Crippen LogP contribution in [0.15, 0.2) is 60.7 Å². The number of rotatable bonds is 6. The average molecular weight is 410 g/mol. The van der Waals surface area contributed by atoms with Gasteiger partial charge in [0.1, 0.15) is 4.88 Å². The number of esters is 1. The van der Waals surface area contributed by atoms with Gasteiger partial charge in [-0.3, -0.25) is 4.79 Å². The van der Waals surface area contributed by atoms with E-state index < -0.39 is 5.97 Å². The molecule has 28 heavy (non-hydrogen) atoms. The highest BCUT2D eigenvalue weighted by atomic mass is 32.1. The molecule has 0 aliphatic rings. The molecule has 2 heterocycles. The molecule has 0 bridgehead atoms. The Bertz CT molecular complexity index is 1130. The Morgan fingerprint density at radius 3 is 2.50 bits per heavy atom. The quantitative estimate of drug-likeness (QED) is 0.405. The van der Waals surface area contributed by atoms with Crippen LogP contribution in [0.5, 0.6) is 0 Å². The largest absolute Gasteiger partial charge is 0.451 e. The predicted molar refractivity (Wildman–Crippen MR) is 115 cm³/mol. The molecule has 0 atom stereocenters. The number of ether oxygens (including phenoxy) is 1. The average Bonchev–Trinajstić information content (AvgIpc) is 3.29. The highest BCUT2D eigenvalue weighted by molar-refractivity contribution is 7.33. The number of hydrogen-bond donors (Lipinski definition) is 0. The zero-order valence-electron chi connectivity index (χ0n) is 15.4. The first-order valence-corrected chi connectivity index (χ1v) is 10.7. The Kier molecular flexibility index (Phi) is 5.41. The number of nitrogens with zero attached hydrogens (tertiary/aromatic N) is 1. The maximum Gasteiger partial charge on any atom is 0.348 e. The van der Waals surface area contributed by atoms with Crippen molar-refractivity contribution in [1.82, 2.24) is 4.90 Å². The van der Waals surface area contributed by atoms with Crippen LogP contribution in [0, 0.1) is 0 Å². The molecule has 0 radical (unpaired) electrons. The van der Waals surface area contributed by atoms with Gasteiger partial charge in [0, 0.05) is 27.9 Å². The molecule has 142 valence electrons. The van der Waals surface area contributed by atoms with Crippen molar-refractivity contribution in [2.45, 2.75) is 13.5 Å². The van der Waals surface area contributed by atoms with Gasteiger partial charge in [-0.2, -0.15) is 0 Å². The molecule has 0 spiro atoms. The van der Waals surface area contributed by atoms with Crippen LogP contribution in [0.1, 0.15) is 22.2 Å². The number of carbonyl (C=O) groups is 2. The van der Waals surface area contributed by atoms with Gasteiger partial charge in [-0.25, -0.2) is 4.79 Å². The zero-order valence-corrected chi connectivity index (χ0v) is 17.0. The van der Waals surface area contributed by atoms with Crippen LogP contribution in [0.2, 0.25) is 0 Å². The lowest BCUT2D eigenvalue weighted by Gasteiger charge is -2.20. The van der Waals surface area contributed by atoms with Gasteiger partial charge < -0.3 is 9.64 Å². The molecular weight excluding hydrogens is 390 g/mol. The van der Waals surface area contributed by atoms with Gasteiger partial charge in [0.15, 0.2) is 6.61 Å². The minimum absolute atomic E-state index is 0.191. The Balaban J connectivity index is 1.41. The molecule has 0 N–H and O–H groups in total. The number of carbonyl (C=O) groups excluding carboxylic acids is 2. The van der Waals surface area contributed by atoms with Crippen molar-refractivity contribution in [1.29, 1.82) is 0 Å². The lowest BCUT2D eigenvalue weighted by Crippen LogP contribution is -2.34. The molecule has 4 aromatic rings. The van der Waals surface area contributed by atoms with Crippen molar-refractivity contribution in [3.8, 4) is 0 Å². The van der Waals surface area contributed by atoms with Crippen LogP contribution in [0.3, 0.4) is 0 Å². The molecule has 4 nitrogen and oxygen atoms in total. The van der Waals surface area contributed by atoms with E-state index in [4.69, 9.17) is 4.74 Å². The molecule has 0 saturated heterocycles. The second-order valence-electron chi connectivity index (χ2n) is 6.37. The minimum Gasteiger partial charge on any atom is -0.451 e. The molecule has 0 fully saturated rings. The summed E-state index contributed by atoms with van der Waals surface area (Å²) in [6, 6.07) is 19.8. The van der Waals surface area contributed by atoms with Crippen LogP contribution in [0.4, 0.5) is 0 Å². The Morgan fingerprint density at radius 2 is 1.71 bits per heavy atom. The Labute approximate surface area is 171 Å². The highest BCUT2D eigenvalue weighted by Gasteiger charge is 2.18. The summed E-state index contributed by atoms with van der Waals surface area (Å²) in [5, 5.41) is 1.16. The zero-order chi connectivity index (χ0) is 19.5. The van der Waals surface area contributed by atoms with Crippen LogP contribution in [-0.2, 0) is 16.1 Å². The minimum atomic E-state index is -0.443. The third kappa shape index (κ3) is 3.79. The summed E-state index contributed by atoms with van der Waals surface area (Å²) in [5.41, 5.74) is 1.05. The second-order valence-corrected chi connectivity index (χ2v) is 8.51. The number of fused-ring (bicyclic) bond motifs is 3. The highest BCUT2D eigenvalue weighted by Crippen LogP contribution is 2.39. The number of amides is 1. The van der Waals surface area contributed by atoms with Crippen molar-refractivity contribution in [2.75, 3.05) is 13.2 Å². The van der Waals surface area contributed by atoms with Gasteiger partial charge in [-0.15, -0.1) is 22.7 Å². The van der Waals surface area contributed by atoms with Crippen molar-refractivity contribution in [2.24, 2.45) is 0 Å². The summed E-state index contributed by atoms with van der Waals surface area (Å²) >= 11 is 3.08. The van der Waals surface area contributed by atoms with Crippen molar-refractivity contribution in [3.05, 3.63) is 71.1 Å². The summed E-state index contributed by atoms with van der Waals surface area (Å²) in [7, 11) is 0. The summed E-state index contributed by atoms with van der Waals surface area (Å²) in [5.74, 6) is -0.634. The third-order valence-corrected chi connectivity index (χ3v) is 6.92. The lowest BCUT2D eigenvalue weighted by atomic mass is 10.2. The van der Waals surface area contributed by atoms with E-state index in [1.165, 1.54) is 16.0 Å². The van der Waals surface area contributed by atoms with Gasteiger partial charge in [-0.1, -0.05) is 48.5 Å². The SMILES string of the molecule is CCN(Cc1ccccc1)C(=O)COC(=O)c1cc2sc3ccccc3c2s1. The fourth-order valence-corrected chi connectivity index (χ4v) is 5.49. The third-order valence-electron chi connectivity index (χ3n) is 4.53. The Morgan fingerprint density at radius 1 is 0.964 bits per heavy atom. The maximum atomic E-state index is 12.5. The first-order valence-electron chi connectivity index (χ1n) is 9.05. The van der Waals surface area contributed by atoms with E-state index in [1.807, 2.05) is 55.5 Å². The molecule has 4 rings (SSSR count). The molecule has 0 aliphatic heterocycles. The van der Waals surface area contributed by atoms with Crippen molar-refractivity contribution >= 4 is 54.0 Å². The number of hydrogen-bond acceptors (Lipinski definition) is 5. The van der Waals surface area contributed by atoms with E-state index in [-0.39, 0.29) is 12.5 Å². The topological polar surface area (TPSA) is 46.6 Å². The van der Waals surface area contributed by atoms with Gasteiger partial charge >= 0.3 is 5.97 Å². The van der Waals surface area contributed by atoms with Crippen LogP contribution in [-0.4, -0.2) is 29.9 Å². The molecule has 0 unspecified atom stereocenters. The van der Waals surface area contributed by atoms with E-state index in [2.05, 4.69) is 12.1 Å². The number of benzene rings is 2. The van der Waals surface area contributed by atoms with E-state index in [0.29, 0.717) is 18.0 Å². The predicted octanol–water partition coefficient (Wildman–Crippen LogP) is 5.32. The summed E-state index contributed by atoms with van der Waals surface area (Å²) in [6.45, 7) is 2.74. The van der Waals surface area contributed by atoms with Gasteiger partial charge in [0.25, 0.3) is 5.91 Å². The monoisotopic (exact) mass is 409 g/mol. The molecular formula is C22H19NO3S2. The fraction of sp³-hybridized carbons (Fsp3) is 0.182. The van der Waals surface area contributed by atoms with E-state index in [0.717, 1.165) is 20.3 Å². The van der Waals surface area contributed by atoms with Crippen LogP contribution in [0.25, 0.3) is 19.5 Å². The summed E-state index contributed by atoms with van der Waals surface area (Å²) in [6.07, 6.45) is 0. The number of thiophene rings is 2. The fourth-order valence-electron chi connectivity index (χ4n) is 3.07. The smallest absolute Gasteiger partial charge is 0.348 e. The standard InChI is InChI=1S/C22H19NO3S2/c1-2-23(13-15-8-4-3-5-9-15)20(24)14-26-22(25)19-12-18-21(28-19)16-10-6-7-11-17(16)27-18/h3-12H,2,13-14H2,1H3. The van der Waals surface area contributed by atoms with Crippen molar-refractivity contribution in [3.63, 3.8) is 0 Å². The van der Waals surface area contributed by atoms with Crippen LogP contribution < -0.4 is 0 Å². The van der Waals surface area contributed by atoms with E-state index in [9.17, 15) is 9.59 Å². The first-order chi connectivity index (χ1) is 13.7. The van der Waals surface area contributed by atoms with Crippen LogP contribution >= 0.6 is 22.7 Å². The van der Waals surface area contributed by atoms with Crippen molar-refractivity contribution < 1.29 is 14.3 Å². The summed E-state index contributed by atoms with van der Waals surface area (Å²) < 4.78 is 8.68.